The Hall–Kier alpha value is -5.64. The van der Waals surface area contributed by atoms with Gasteiger partial charge in [0.1, 0.15) is 34.5 Å². The summed E-state index contributed by atoms with van der Waals surface area (Å²) in [7, 11) is 0. The highest BCUT2D eigenvalue weighted by molar-refractivity contribution is 5.98. The van der Waals surface area contributed by atoms with Crippen LogP contribution >= 0.6 is 0 Å². The predicted octanol–water partition coefficient (Wildman–Crippen LogP) is 7.11. The fraction of sp³-hybridized carbons (Fsp3) is 0.297. The van der Waals surface area contributed by atoms with Crippen LogP contribution in [-0.2, 0) is 10.3 Å². The molecule has 0 saturated carbocycles. The summed E-state index contributed by atoms with van der Waals surface area (Å²) in [5, 5.41) is 25.4. The van der Waals surface area contributed by atoms with Gasteiger partial charge in [0.05, 0.1) is 11.1 Å². The normalized spacial score (nSPS) is 16.9. The molecule has 16 heteroatoms. The summed E-state index contributed by atoms with van der Waals surface area (Å²) in [4.78, 5) is 24.9. The number of carbonyl (C=O) groups excluding carboxylic acids is 2. The Morgan fingerprint density at radius 3 is 2.09 bits per heavy atom. The van der Waals surface area contributed by atoms with Crippen molar-refractivity contribution in [1.29, 1.82) is 0 Å². The summed E-state index contributed by atoms with van der Waals surface area (Å²) < 4.78 is 95.1. The molecule has 0 aliphatic carbocycles. The maximum absolute atomic E-state index is 12.5. The molecule has 1 fully saturated rings. The molecule has 3 heterocycles. The second-order valence-electron chi connectivity index (χ2n) is 12.4. The minimum absolute atomic E-state index is 0.0157. The fourth-order valence-corrected chi connectivity index (χ4v) is 6.29. The molecule has 53 heavy (non-hydrogen) atoms. The highest BCUT2D eigenvalue weighted by Gasteiger charge is 2.53. The molecule has 7 rings (SSSR count). The van der Waals surface area contributed by atoms with Gasteiger partial charge in [-0.25, -0.2) is 4.79 Å². The number of nitrogens with one attached hydrogen (secondary N) is 2. The quantitative estimate of drug-likeness (QED) is 0.115. The van der Waals surface area contributed by atoms with Gasteiger partial charge < -0.3 is 39.8 Å². The first-order chi connectivity index (χ1) is 25.1. The summed E-state index contributed by atoms with van der Waals surface area (Å²) in [5.41, 5.74) is 0.950. The van der Waals surface area contributed by atoms with Gasteiger partial charge in [0.2, 0.25) is 0 Å². The van der Waals surface area contributed by atoms with Crippen molar-refractivity contribution in [2.75, 3.05) is 26.3 Å². The third-order valence-corrected chi connectivity index (χ3v) is 8.59. The number of phenols is 2. The number of ether oxygens (including phenoxy) is 4. The van der Waals surface area contributed by atoms with Crippen molar-refractivity contribution in [3.8, 4) is 34.5 Å². The number of carbonyl (C=O) groups is 2. The molecule has 10 nitrogen and oxygen atoms in total. The van der Waals surface area contributed by atoms with Gasteiger partial charge in [-0.3, -0.25) is 4.79 Å². The number of hydrogen-bond donors (Lipinski definition) is 4. The predicted molar refractivity (Wildman–Crippen MR) is 176 cm³/mol. The van der Waals surface area contributed by atoms with Crippen LogP contribution in [0.1, 0.15) is 56.7 Å². The average molecular weight is 747 g/mol. The third-order valence-electron chi connectivity index (χ3n) is 8.59. The maximum Gasteiger partial charge on any atom is 0.422 e. The lowest BCUT2D eigenvalue weighted by Gasteiger charge is -2.36. The number of rotatable bonds is 7. The van der Waals surface area contributed by atoms with E-state index in [0.29, 0.717) is 33.8 Å². The van der Waals surface area contributed by atoms with Crippen LogP contribution < -0.4 is 24.8 Å². The second kappa shape index (κ2) is 14.8. The molecule has 4 N–H and O–H groups in total. The van der Waals surface area contributed by atoms with E-state index < -0.39 is 48.8 Å². The number of alkyl halides is 6. The second-order valence-corrected chi connectivity index (χ2v) is 12.4. The lowest BCUT2D eigenvalue weighted by atomic mass is 9.77. The summed E-state index contributed by atoms with van der Waals surface area (Å²) in [5.74, 6) is -1.06. The van der Waals surface area contributed by atoms with Crippen molar-refractivity contribution in [2.24, 2.45) is 0 Å². The Morgan fingerprint density at radius 1 is 0.830 bits per heavy atom. The lowest BCUT2D eigenvalue weighted by Crippen LogP contribution is -2.43. The number of phenolic OH excluding ortho intramolecular Hbond substituents is 2. The van der Waals surface area contributed by atoms with E-state index in [1.807, 2.05) is 12.1 Å². The van der Waals surface area contributed by atoms with Crippen LogP contribution in [-0.4, -0.2) is 66.8 Å². The highest BCUT2D eigenvalue weighted by atomic mass is 19.4. The van der Waals surface area contributed by atoms with Gasteiger partial charge in [0, 0.05) is 41.4 Å². The van der Waals surface area contributed by atoms with Crippen molar-refractivity contribution >= 4 is 11.9 Å². The number of aromatic hydroxyl groups is 2. The van der Waals surface area contributed by atoms with Crippen LogP contribution in [0.15, 0.2) is 78.9 Å². The summed E-state index contributed by atoms with van der Waals surface area (Å²) in [6.07, 6.45) is -6.41. The van der Waals surface area contributed by atoms with Crippen LogP contribution in [0.25, 0.3) is 0 Å². The van der Waals surface area contributed by atoms with Crippen molar-refractivity contribution in [2.45, 2.75) is 43.3 Å². The van der Waals surface area contributed by atoms with Crippen LogP contribution in [0.2, 0.25) is 0 Å². The Bertz CT molecular complexity index is 1940. The van der Waals surface area contributed by atoms with Gasteiger partial charge in [-0.15, -0.1) is 0 Å². The summed E-state index contributed by atoms with van der Waals surface area (Å²) in [6.45, 7) is -2.21. The molecule has 1 atom stereocenters. The first-order valence-electron chi connectivity index (χ1n) is 16.4. The van der Waals surface area contributed by atoms with Gasteiger partial charge >= 0.3 is 18.3 Å². The molecule has 0 aromatic heterocycles. The van der Waals surface area contributed by atoms with E-state index >= 15 is 0 Å². The topological polar surface area (TPSA) is 136 Å². The van der Waals surface area contributed by atoms with E-state index in [4.69, 9.17) is 9.47 Å². The van der Waals surface area contributed by atoms with Gasteiger partial charge in [0.25, 0.3) is 5.91 Å². The number of esters is 1. The van der Waals surface area contributed by atoms with Gasteiger partial charge in [-0.2, -0.15) is 26.3 Å². The number of fused-ring (bicyclic) bond motifs is 6. The average Bonchev–Trinajstić information content (AvgIpc) is 3.41. The molecule has 1 spiro atoms. The molecule has 280 valence electrons. The third kappa shape index (κ3) is 8.38. The van der Waals surface area contributed by atoms with E-state index in [-0.39, 0.29) is 35.4 Å². The molecule has 4 aromatic carbocycles. The smallest absolute Gasteiger partial charge is 0.422 e. The van der Waals surface area contributed by atoms with Gasteiger partial charge in [0.15, 0.2) is 18.8 Å². The Labute approximate surface area is 298 Å². The molecular weight excluding hydrogens is 714 g/mol. The molecule has 3 aliphatic rings. The molecule has 4 aromatic rings. The first kappa shape index (κ1) is 37.1. The Kier molecular flexibility index (Phi) is 10.3. The van der Waals surface area contributed by atoms with Crippen LogP contribution in [0, 0.1) is 0 Å². The van der Waals surface area contributed by atoms with E-state index in [9.17, 15) is 46.1 Å². The summed E-state index contributed by atoms with van der Waals surface area (Å²) in [6, 6.07) is 19.5. The molecular formula is C37H32F6N2O8. The minimum Gasteiger partial charge on any atom is -0.508 e. The van der Waals surface area contributed by atoms with Crippen LogP contribution in [0.4, 0.5) is 26.3 Å². The first-order valence-corrected chi connectivity index (χ1v) is 16.4. The van der Waals surface area contributed by atoms with Gasteiger partial charge in [-0.1, -0.05) is 24.6 Å². The van der Waals surface area contributed by atoms with Crippen molar-refractivity contribution < 1.29 is 65.1 Å². The van der Waals surface area contributed by atoms with Crippen molar-refractivity contribution in [3.63, 3.8) is 0 Å². The van der Waals surface area contributed by atoms with E-state index in [0.717, 1.165) is 44.0 Å². The number of hydrogen-bond acceptors (Lipinski definition) is 9. The Balaban J connectivity index is 0.000000182. The zero-order valence-corrected chi connectivity index (χ0v) is 27.6. The molecule has 1 saturated heterocycles. The number of amides is 1. The fourth-order valence-electron chi connectivity index (χ4n) is 6.29. The Morgan fingerprint density at radius 2 is 1.47 bits per heavy atom. The van der Waals surface area contributed by atoms with Crippen LogP contribution in [0.5, 0.6) is 34.5 Å². The SMILES string of the molecule is O=C(NCC1CCCCN1)c1cc(OCC(F)(F)F)ccc1OCC(F)(F)F.O=C1OC2(c3ccc(O)cc3Oc3cc(O)ccc32)c2ccccc21. The molecule has 0 bridgehead atoms. The van der Waals surface area contributed by atoms with E-state index in [1.54, 1.807) is 24.3 Å². The van der Waals surface area contributed by atoms with Gasteiger partial charge in [-0.05, 0) is 67.9 Å². The molecule has 3 aliphatic heterocycles. The van der Waals surface area contributed by atoms with Crippen molar-refractivity contribution in [1.82, 2.24) is 10.6 Å². The van der Waals surface area contributed by atoms with Crippen LogP contribution in [0.3, 0.4) is 0 Å². The molecule has 1 unspecified atom stereocenters. The van der Waals surface area contributed by atoms with Crippen molar-refractivity contribution in [3.05, 3.63) is 107 Å². The number of halogens is 6. The molecule has 0 radical (unpaired) electrons. The van der Waals surface area contributed by atoms with E-state index in [1.165, 1.54) is 24.3 Å². The largest absolute Gasteiger partial charge is 0.508 e. The van der Waals surface area contributed by atoms with E-state index in [2.05, 4.69) is 20.1 Å². The monoisotopic (exact) mass is 746 g/mol. The zero-order valence-electron chi connectivity index (χ0n) is 27.6. The number of benzene rings is 4. The number of piperidine rings is 1. The molecule has 1 amide bonds. The minimum atomic E-state index is -4.63. The maximum atomic E-state index is 12.5. The highest BCUT2D eigenvalue weighted by Crippen LogP contribution is 2.56. The lowest BCUT2D eigenvalue weighted by molar-refractivity contribution is -0.154. The standard InChI is InChI=1S/C20H12O5.C17H20F6N2O3/c21-11-5-7-15-17(9-11)24-18-10-12(22)6-8-16(18)20(15)14-4-2-1-3-13(14)19(23)25-20;18-16(19,20)9-27-12-4-5-14(28-10-17(21,22)23)13(7-12)15(26)25-8-11-3-1-2-6-24-11/h1-10,21-22H;4-5,7,11,24H,1-3,6,8-10H2,(H,25,26). The summed E-state index contributed by atoms with van der Waals surface area (Å²) >= 11 is 0. The zero-order chi connectivity index (χ0) is 38.0.